The van der Waals surface area contributed by atoms with Gasteiger partial charge in [-0.2, -0.15) is 0 Å². The van der Waals surface area contributed by atoms with E-state index < -0.39 is 0 Å². The zero-order valence-electron chi connectivity index (χ0n) is 24.2. The van der Waals surface area contributed by atoms with Gasteiger partial charge in [-0.3, -0.25) is 0 Å². The van der Waals surface area contributed by atoms with Crippen LogP contribution in [0.25, 0.3) is 28.5 Å². The quantitative estimate of drug-likeness (QED) is 0.213. The summed E-state index contributed by atoms with van der Waals surface area (Å²) in [6.07, 6.45) is 9.80. The molecular weight excluding hydrogens is 547 g/mol. The van der Waals surface area contributed by atoms with Crippen molar-refractivity contribution in [1.82, 2.24) is 19.5 Å². The van der Waals surface area contributed by atoms with Crippen molar-refractivity contribution in [3.63, 3.8) is 0 Å². The third kappa shape index (κ3) is 4.25. The van der Waals surface area contributed by atoms with Gasteiger partial charge in [0.25, 0.3) is 0 Å². The maximum atomic E-state index is 5.17. The van der Waals surface area contributed by atoms with E-state index in [2.05, 4.69) is 124 Å². The molecule has 4 aliphatic rings. The molecule has 3 aromatic carbocycles. The van der Waals surface area contributed by atoms with Crippen LogP contribution in [0.5, 0.6) is 0 Å². The average molecular weight is 582 g/mol. The van der Waals surface area contributed by atoms with Crippen LogP contribution in [0.1, 0.15) is 50.3 Å². The summed E-state index contributed by atoms with van der Waals surface area (Å²) < 4.78 is 2.43. The summed E-state index contributed by atoms with van der Waals surface area (Å²) in [5.74, 6) is 4.34. The van der Waals surface area contributed by atoms with Crippen LogP contribution in [0.3, 0.4) is 0 Å². The van der Waals surface area contributed by atoms with Crippen LogP contribution >= 0.6 is 11.8 Å². The number of rotatable bonds is 4. The van der Waals surface area contributed by atoms with Gasteiger partial charge >= 0.3 is 0 Å². The Morgan fingerprint density at radius 1 is 0.651 bits per heavy atom. The molecule has 0 N–H and O–H groups in total. The highest BCUT2D eigenvalue weighted by Crippen LogP contribution is 2.59. The summed E-state index contributed by atoms with van der Waals surface area (Å²) in [6, 6.07) is 35.3. The largest absolute Gasteiger partial charge is 0.362 e. The maximum Gasteiger partial charge on any atom is 0.163 e. The number of nitrogens with zero attached hydrogens (tertiary/aromatic N) is 5. The van der Waals surface area contributed by atoms with E-state index >= 15 is 0 Å². The molecule has 5 nitrogen and oxygen atoms in total. The van der Waals surface area contributed by atoms with Gasteiger partial charge in [-0.1, -0.05) is 85.3 Å². The number of hydrogen-bond donors (Lipinski definition) is 0. The molecule has 0 spiro atoms. The van der Waals surface area contributed by atoms with Gasteiger partial charge in [0.1, 0.15) is 10.9 Å². The van der Waals surface area contributed by atoms with E-state index in [1.54, 1.807) is 0 Å². The Kier molecular flexibility index (Phi) is 6.17. The molecular formula is C37H35N5S. The normalized spacial score (nSPS) is 27.3. The second kappa shape index (κ2) is 10.4. The Hall–Kier alpha value is -3.90. The molecule has 0 amide bonds. The average Bonchev–Trinajstić information content (AvgIpc) is 3.66. The van der Waals surface area contributed by atoms with Crippen LogP contribution in [0, 0.1) is 11.8 Å². The molecule has 2 aliphatic heterocycles. The van der Waals surface area contributed by atoms with Gasteiger partial charge in [0.05, 0.1) is 5.69 Å². The highest BCUT2D eigenvalue weighted by molar-refractivity contribution is 8.00. The molecule has 2 aromatic heterocycles. The van der Waals surface area contributed by atoms with Gasteiger partial charge in [0.2, 0.25) is 0 Å². The van der Waals surface area contributed by atoms with E-state index in [1.165, 1.54) is 48.5 Å². The number of benzene rings is 3. The van der Waals surface area contributed by atoms with Gasteiger partial charge in [-0.25, -0.2) is 15.0 Å². The number of hydrogen-bond acceptors (Lipinski definition) is 5. The summed E-state index contributed by atoms with van der Waals surface area (Å²) in [4.78, 5) is 18.2. The first-order valence-corrected chi connectivity index (χ1v) is 16.8. The topological polar surface area (TPSA) is 46.8 Å². The number of thioether (sulfide) groups is 1. The number of aromatic nitrogens is 4. The van der Waals surface area contributed by atoms with Crippen LogP contribution in [0.2, 0.25) is 0 Å². The van der Waals surface area contributed by atoms with Gasteiger partial charge in [-0.15, -0.1) is 11.8 Å². The molecule has 6 heteroatoms. The molecule has 0 radical (unpaired) electrons. The minimum Gasteiger partial charge on any atom is -0.362 e. The first kappa shape index (κ1) is 25.6. The lowest BCUT2D eigenvalue weighted by Gasteiger charge is -2.44. The first-order chi connectivity index (χ1) is 21.3. The highest BCUT2D eigenvalue weighted by atomic mass is 32.2. The van der Waals surface area contributed by atoms with Crippen molar-refractivity contribution < 1.29 is 0 Å². The molecule has 0 bridgehead atoms. The van der Waals surface area contributed by atoms with E-state index in [0.29, 0.717) is 29.2 Å². The monoisotopic (exact) mass is 581 g/mol. The van der Waals surface area contributed by atoms with Gasteiger partial charge in [0.15, 0.2) is 11.6 Å². The molecule has 6 atom stereocenters. The van der Waals surface area contributed by atoms with Crippen molar-refractivity contribution in [2.45, 2.75) is 66.8 Å². The zero-order chi connectivity index (χ0) is 28.3. The molecule has 3 fully saturated rings. The molecule has 43 heavy (non-hydrogen) atoms. The second-order valence-corrected chi connectivity index (χ2v) is 13.9. The Labute approximate surface area is 257 Å². The van der Waals surface area contributed by atoms with Crippen LogP contribution < -0.4 is 4.90 Å². The van der Waals surface area contributed by atoms with E-state index in [-0.39, 0.29) is 0 Å². The summed E-state index contributed by atoms with van der Waals surface area (Å²) in [7, 11) is 0. The molecule has 9 rings (SSSR count). The standard InChI is InChI=1S/C37H35N5S/c1-4-11-24(12-5-1)34-38-35(25-13-6-2-7-14-25)40-36(39-34)26-19-20-30-29(23-26)28-17-10-18-32-33(28)42(30)31-21-22-41(37(31)43-32)27-15-8-3-9-16-27/h1-9,11-16,21-22,26,28-30,32-33H,10,17-20,23H2. The molecule has 6 unspecified atom stereocenters. The Balaban J connectivity index is 1.08. The maximum absolute atomic E-state index is 5.17. The molecule has 4 heterocycles. The van der Waals surface area contributed by atoms with Gasteiger partial charge in [-0.05, 0) is 62.1 Å². The van der Waals surface area contributed by atoms with Crippen molar-refractivity contribution in [1.29, 1.82) is 0 Å². The number of fused-ring (bicyclic) bond motifs is 5. The Morgan fingerprint density at radius 2 is 1.33 bits per heavy atom. The fourth-order valence-electron chi connectivity index (χ4n) is 8.61. The first-order valence-electron chi connectivity index (χ1n) is 15.9. The minimum absolute atomic E-state index is 0.358. The van der Waals surface area contributed by atoms with E-state index in [0.717, 1.165) is 40.9 Å². The molecule has 5 aromatic rings. The van der Waals surface area contributed by atoms with Crippen molar-refractivity contribution in [2.24, 2.45) is 11.8 Å². The summed E-state index contributed by atoms with van der Waals surface area (Å²) in [5, 5.41) is 2.10. The van der Waals surface area contributed by atoms with Crippen molar-refractivity contribution in [2.75, 3.05) is 4.90 Å². The summed E-state index contributed by atoms with van der Waals surface area (Å²) in [6.45, 7) is 0. The van der Waals surface area contributed by atoms with Crippen LogP contribution in [-0.4, -0.2) is 36.9 Å². The predicted molar refractivity (Wildman–Crippen MR) is 174 cm³/mol. The smallest absolute Gasteiger partial charge is 0.163 e. The molecule has 1 saturated heterocycles. The zero-order valence-corrected chi connectivity index (χ0v) is 25.0. The van der Waals surface area contributed by atoms with Crippen LogP contribution in [-0.2, 0) is 0 Å². The third-order valence-electron chi connectivity index (χ3n) is 10.4. The molecule has 2 saturated carbocycles. The lowest BCUT2D eigenvalue weighted by atomic mass is 9.70. The summed E-state index contributed by atoms with van der Waals surface area (Å²) >= 11 is 2.15. The SMILES string of the molecule is c1ccc(-c2nc(-c3ccccc3)nc(C3CCC4C(C3)C3CCCC5Sc6c(ccn6-c6ccccc6)N4C53)n2)cc1. The molecule has 2 aliphatic carbocycles. The van der Waals surface area contributed by atoms with E-state index in [4.69, 9.17) is 15.0 Å². The minimum atomic E-state index is 0.358. The van der Waals surface area contributed by atoms with E-state index in [9.17, 15) is 0 Å². The van der Waals surface area contributed by atoms with Crippen molar-refractivity contribution in [3.05, 3.63) is 109 Å². The van der Waals surface area contributed by atoms with Crippen LogP contribution in [0.4, 0.5) is 5.69 Å². The Morgan fingerprint density at radius 3 is 2.02 bits per heavy atom. The van der Waals surface area contributed by atoms with Crippen molar-refractivity contribution in [3.8, 4) is 28.5 Å². The van der Waals surface area contributed by atoms with Gasteiger partial charge in [0, 0.05) is 46.3 Å². The lowest BCUT2D eigenvalue weighted by Crippen LogP contribution is -2.48. The van der Waals surface area contributed by atoms with Crippen molar-refractivity contribution >= 4 is 17.4 Å². The van der Waals surface area contributed by atoms with Gasteiger partial charge < -0.3 is 9.47 Å². The summed E-state index contributed by atoms with van der Waals surface area (Å²) in [5.41, 5.74) is 4.83. The predicted octanol–water partition coefficient (Wildman–Crippen LogP) is 8.41. The number of anilines is 1. The number of para-hydroxylation sites is 1. The molecule has 214 valence electrons. The van der Waals surface area contributed by atoms with E-state index in [1.807, 2.05) is 0 Å². The Bertz CT molecular complexity index is 1700. The third-order valence-corrected chi connectivity index (χ3v) is 11.9. The van der Waals surface area contributed by atoms with Crippen LogP contribution in [0.15, 0.2) is 108 Å². The lowest BCUT2D eigenvalue weighted by molar-refractivity contribution is 0.215. The fraction of sp³-hybridized carbons (Fsp3) is 0.324. The second-order valence-electron chi connectivity index (χ2n) is 12.7. The fourth-order valence-corrected chi connectivity index (χ4v) is 10.2. The highest BCUT2D eigenvalue weighted by Gasteiger charge is 2.57.